The van der Waals surface area contributed by atoms with Crippen LogP contribution in [-0.4, -0.2) is 193 Å². The number of anilines is 3. The summed E-state index contributed by atoms with van der Waals surface area (Å²) in [5.41, 5.74) is 1.62. The molecule has 0 spiro atoms. The highest BCUT2D eigenvalue weighted by atomic mass is 19.2. The highest BCUT2D eigenvalue weighted by Gasteiger charge is 2.47. The lowest BCUT2D eigenvalue weighted by Gasteiger charge is -2.49. The zero-order valence-electron chi connectivity index (χ0n) is 80.8. The molecule has 12 aromatic rings. The molecule has 3 saturated heterocycles. The molecule has 6 aliphatic heterocycles. The minimum atomic E-state index is -1.23. The molecule has 18 rings (SSSR count). The average molecular weight is 1920 g/mol. The molecule has 0 saturated carbocycles. The molecular formula is C108H111F9N12O11. The second-order valence-electron chi connectivity index (χ2n) is 38.5. The van der Waals surface area contributed by atoms with E-state index in [9.17, 15) is 44.1 Å². The number of ether oxygens (including phenoxy) is 2. The number of pyridine rings is 4. The number of rotatable bonds is 16. The molecule has 6 atom stereocenters. The zero-order chi connectivity index (χ0) is 101. The number of fused-ring (bicyclic) bond motifs is 15. The van der Waals surface area contributed by atoms with E-state index in [0.29, 0.717) is 77.7 Å². The van der Waals surface area contributed by atoms with Crippen molar-refractivity contribution in [3.63, 3.8) is 0 Å². The van der Waals surface area contributed by atoms with Crippen LogP contribution >= 0.6 is 0 Å². The predicted octanol–water partition coefficient (Wildman–Crippen LogP) is 18.7. The smallest absolute Gasteiger partial charge is 0.300 e. The highest BCUT2D eigenvalue weighted by molar-refractivity contribution is 6.04. The number of aryl methyl sites for hydroxylation is 3. The second-order valence-corrected chi connectivity index (χ2v) is 38.5. The Morgan fingerprint density at radius 3 is 1.29 bits per heavy atom. The number of hydrogen-bond donors (Lipinski definition) is 3. The number of amides is 3. The summed E-state index contributed by atoms with van der Waals surface area (Å²) in [4.78, 5) is 101. The normalized spacial score (nSPS) is 17.6. The van der Waals surface area contributed by atoms with Crippen molar-refractivity contribution in [2.45, 2.75) is 163 Å². The monoisotopic (exact) mass is 1920 g/mol. The van der Waals surface area contributed by atoms with Crippen LogP contribution in [0.4, 0.5) is 56.6 Å². The van der Waals surface area contributed by atoms with Crippen LogP contribution in [-0.2, 0) is 33.9 Å². The minimum absolute atomic E-state index is 0.0205. The van der Waals surface area contributed by atoms with Crippen LogP contribution < -0.4 is 40.9 Å². The van der Waals surface area contributed by atoms with Gasteiger partial charge in [-0.25, -0.2) is 39.5 Å². The van der Waals surface area contributed by atoms with Gasteiger partial charge in [-0.15, -0.1) is 0 Å². The first-order valence-electron chi connectivity index (χ1n) is 46.6. The highest BCUT2D eigenvalue weighted by Crippen LogP contribution is 2.52. The Hall–Kier alpha value is -14.1. The van der Waals surface area contributed by atoms with Crippen LogP contribution in [0.2, 0.25) is 0 Å². The van der Waals surface area contributed by atoms with Crippen LogP contribution in [0.3, 0.4) is 0 Å². The SMILES string of the molecule is C=CC(=O)N1CC(C)N2c3c(c(=O)n(-c4c(C)ccnc4C(C)C)c4c(F)c(-c5c(O)cccc5F)c(F)cc34)OCC2C1.C=CC(=O)N1CC2CCOc3c(c4cc(F)c(-c5c(O)cccc5F)c(F)c4n(-c4c(C)cc(CN(C)C)cc4C(C)C)c3=O)N2CC1C.C=CC(=O)N1CC2Cc3c(c4cc(F)c(-c5c(O)cccc5F)c(F)c4n(-c4c(C)cc(CN(C)C)cc4C(C)C)c3=O)N2CC1C. The number of aromatic nitrogens is 4. The van der Waals surface area contributed by atoms with Crippen molar-refractivity contribution in [2.75, 3.05) is 95.4 Å². The lowest BCUT2D eigenvalue weighted by molar-refractivity contribution is -0.129. The molecule has 6 unspecified atom stereocenters. The van der Waals surface area contributed by atoms with E-state index < -0.39 is 126 Å². The van der Waals surface area contributed by atoms with E-state index in [-0.39, 0.29) is 167 Å². The van der Waals surface area contributed by atoms with Gasteiger partial charge in [0.15, 0.2) is 17.5 Å². The quantitative estimate of drug-likeness (QED) is 0.0602. The summed E-state index contributed by atoms with van der Waals surface area (Å²) in [5, 5.41) is 32.0. The summed E-state index contributed by atoms with van der Waals surface area (Å²) < 4.78 is 162. The van der Waals surface area contributed by atoms with Gasteiger partial charge in [0.2, 0.25) is 29.2 Å². The van der Waals surface area contributed by atoms with Crippen LogP contribution in [0.25, 0.3) is 83.2 Å². The molecule has 4 aromatic heterocycles. The lowest BCUT2D eigenvalue weighted by atomic mass is 9.93. The van der Waals surface area contributed by atoms with Crippen molar-refractivity contribution in [1.82, 2.24) is 43.2 Å². The first-order chi connectivity index (χ1) is 66.4. The summed E-state index contributed by atoms with van der Waals surface area (Å²) in [6.45, 7) is 36.7. The fourth-order valence-corrected chi connectivity index (χ4v) is 21.4. The fourth-order valence-electron chi connectivity index (χ4n) is 21.4. The maximum atomic E-state index is 17.4. The van der Waals surface area contributed by atoms with Crippen molar-refractivity contribution >= 4 is 67.5 Å². The number of carbonyl (C=O) groups excluding carboxylic acids is 3. The molecule has 732 valence electrons. The van der Waals surface area contributed by atoms with Gasteiger partial charge in [-0.2, -0.15) is 0 Å². The van der Waals surface area contributed by atoms with Crippen molar-refractivity contribution in [3.8, 4) is 79.2 Å². The Kier molecular flexibility index (Phi) is 27.2. The topological polar surface area (TPSA) is 235 Å². The number of halogens is 9. The van der Waals surface area contributed by atoms with Gasteiger partial charge in [-0.1, -0.05) is 104 Å². The molecule has 23 nitrogen and oxygen atoms in total. The van der Waals surface area contributed by atoms with Crippen LogP contribution in [0, 0.1) is 73.1 Å². The summed E-state index contributed by atoms with van der Waals surface area (Å²) in [6, 6.07) is 21.0. The van der Waals surface area contributed by atoms with Gasteiger partial charge >= 0.3 is 0 Å². The van der Waals surface area contributed by atoms with Crippen LogP contribution in [0.5, 0.6) is 28.7 Å². The van der Waals surface area contributed by atoms with E-state index in [1.54, 1.807) is 33.9 Å². The number of phenolic OH excluding ortho intramolecular Hbond substituents is 3. The molecule has 140 heavy (non-hydrogen) atoms. The number of carbonyl (C=O) groups is 3. The van der Waals surface area contributed by atoms with Crippen molar-refractivity contribution in [2.24, 2.45) is 0 Å². The van der Waals surface area contributed by atoms with Gasteiger partial charge in [-0.3, -0.25) is 47.5 Å². The molecule has 0 aliphatic carbocycles. The largest absolute Gasteiger partial charge is 0.507 e. The van der Waals surface area contributed by atoms with E-state index in [1.807, 2.05) is 153 Å². The van der Waals surface area contributed by atoms with Crippen LogP contribution in [0.15, 0.2) is 162 Å². The summed E-state index contributed by atoms with van der Waals surface area (Å²) in [6.07, 6.45) is 6.03. The fraction of sp³-hybridized carbons (Fsp3) is 0.343. The Morgan fingerprint density at radius 2 is 0.864 bits per heavy atom. The van der Waals surface area contributed by atoms with E-state index >= 15 is 39.5 Å². The molecule has 32 heteroatoms. The number of hydrogen-bond acceptors (Lipinski definition) is 17. The Bertz CT molecular complexity index is 7300. The molecule has 8 aromatic carbocycles. The lowest BCUT2D eigenvalue weighted by Crippen LogP contribution is -2.62. The number of aromatic hydroxyl groups is 3. The molecule has 10 heterocycles. The van der Waals surface area contributed by atoms with Crippen molar-refractivity contribution in [1.29, 1.82) is 0 Å². The maximum Gasteiger partial charge on any atom is 0.300 e. The molecule has 0 radical (unpaired) electrons. The standard InChI is InChI=1S/C38H41F3N4O4.C37H39F3N4O3.C33H31F3N4O4/c1-8-30(47)43-19-24-12-13-49-37-36(44(24)17-22(43)5)26-16-28(40)32(31-27(39)10-9-11-29(31)46)33(41)35(26)45(38(37)48)34-21(4)14-23(18-42(6)7)15-25(34)20(2)3;1-8-30(46)42-18-23-14-26-35(43(23)16-21(42)5)25-15-28(39)32(31-27(38)10-9-11-29(31)45)33(40)36(25)44(37(26)47)34-20(4)12-22(17-41(6)7)13-24(34)19(2)3;1-6-24(42)38-13-18(5)39-19(14-38)15-44-32-31(39)20-12-22(35)26(25-21(34)8-7-9-23(25)41)27(36)30(20)40(33(32)43)29-17(4)10-11-37-28(29)16(2)3/h8-11,14-16,20,22,24,46H,1,12-13,17-19H2,2-7H3;8-13,15,19,21,23,45H,1,14,16-18H2,2-7H3;6-12,16,18-19,41H,1,13-15H2,2-5H3. The third-order valence-electron chi connectivity index (χ3n) is 27.4. The summed E-state index contributed by atoms with van der Waals surface area (Å²) in [5.74, 6) is -13.1. The van der Waals surface area contributed by atoms with Gasteiger partial charge in [-0.05, 0) is 205 Å². The average Bonchev–Trinajstić information content (AvgIpc) is 1.24. The van der Waals surface area contributed by atoms with Gasteiger partial charge in [0.1, 0.15) is 58.8 Å². The number of phenols is 3. The van der Waals surface area contributed by atoms with E-state index in [0.717, 1.165) is 87.0 Å². The third kappa shape index (κ3) is 17.1. The molecule has 3 N–H and O–H groups in total. The molecule has 3 fully saturated rings. The zero-order valence-corrected chi connectivity index (χ0v) is 80.8. The third-order valence-corrected chi connectivity index (χ3v) is 27.4. The van der Waals surface area contributed by atoms with Gasteiger partial charge in [0.05, 0.1) is 114 Å². The van der Waals surface area contributed by atoms with Gasteiger partial charge in [0.25, 0.3) is 16.7 Å². The maximum absolute atomic E-state index is 17.4. The molecule has 0 bridgehead atoms. The van der Waals surface area contributed by atoms with Gasteiger partial charge in [0, 0.05) is 111 Å². The molecule has 6 aliphatic rings. The van der Waals surface area contributed by atoms with E-state index in [4.69, 9.17) is 9.47 Å². The number of nitrogens with zero attached hydrogens (tertiary/aromatic N) is 12. The van der Waals surface area contributed by atoms with Gasteiger partial charge < -0.3 is 64.0 Å². The molecule has 3 amide bonds. The van der Waals surface area contributed by atoms with Crippen LogP contribution in [0.1, 0.15) is 137 Å². The molecular weight excluding hydrogens is 1810 g/mol. The first-order valence-corrected chi connectivity index (χ1v) is 46.6. The van der Waals surface area contributed by atoms with Crippen molar-refractivity contribution < 1.29 is 78.7 Å². The second kappa shape index (κ2) is 38.6. The minimum Gasteiger partial charge on any atom is -0.507 e. The summed E-state index contributed by atoms with van der Waals surface area (Å²) >= 11 is 0. The Labute approximate surface area is 803 Å². The van der Waals surface area contributed by atoms with Crippen molar-refractivity contribution in [3.05, 3.63) is 281 Å². The predicted molar refractivity (Wildman–Crippen MR) is 525 cm³/mol. The number of piperazine rings is 3. The van der Waals surface area contributed by atoms with E-state index in [1.165, 1.54) is 45.6 Å². The Balaban J connectivity index is 0.000000152. The van der Waals surface area contributed by atoms with E-state index in [2.05, 4.69) is 24.7 Å². The summed E-state index contributed by atoms with van der Waals surface area (Å²) in [7, 11) is 7.81. The Morgan fingerprint density at radius 1 is 0.450 bits per heavy atom. The number of benzene rings is 8. The first kappa shape index (κ1) is 98.9.